The van der Waals surface area contributed by atoms with Gasteiger partial charge in [0.25, 0.3) is 0 Å². The van der Waals surface area contributed by atoms with Crippen molar-refractivity contribution in [3.63, 3.8) is 0 Å². The second-order valence-corrected chi connectivity index (χ2v) is 6.52. The van der Waals surface area contributed by atoms with Crippen LogP contribution in [-0.2, 0) is 20.8 Å². The Hall–Kier alpha value is -1.58. The Bertz CT molecular complexity index is 570. The summed E-state index contributed by atoms with van der Waals surface area (Å²) in [6, 6.07) is 7.78. The third-order valence-corrected chi connectivity index (χ3v) is 3.90. The summed E-state index contributed by atoms with van der Waals surface area (Å²) in [6.07, 6.45) is 1.34. The molecule has 0 aliphatic carbocycles. The maximum Gasteiger partial charge on any atom is 0.163 e. The smallest absolute Gasteiger partial charge is 0.163 e. The number of aliphatic hydroxyl groups excluding tert-OH is 1. The fraction of sp³-hybridized carbons (Fsp3) is 0.600. The van der Waals surface area contributed by atoms with Crippen LogP contribution in [0.15, 0.2) is 24.3 Å². The molecule has 0 bridgehead atoms. The highest BCUT2D eigenvalue weighted by Crippen LogP contribution is 2.25. The first-order valence-electron chi connectivity index (χ1n) is 8.67. The SMILES string of the molecule is COc1ccc(COCCC#CC(O)CCC2COC(C)(C)O2)cc1. The van der Waals surface area contributed by atoms with Crippen LogP contribution in [0.1, 0.15) is 38.7 Å². The molecule has 0 amide bonds. The maximum absolute atomic E-state index is 9.90. The van der Waals surface area contributed by atoms with E-state index in [-0.39, 0.29) is 6.10 Å². The summed E-state index contributed by atoms with van der Waals surface area (Å²) in [5.74, 6) is 6.14. The molecule has 1 aromatic carbocycles. The van der Waals surface area contributed by atoms with Gasteiger partial charge < -0.3 is 24.1 Å². The van der Waals surface area contributed by atoms with Gasteiger partial charge in [0.1, 0.15) is 11.9 Å². The average molecular weight is 348 g/mol. The van der Waals surface area contributed by atoms with Gasteiger partial charge in [0, 0.05) is 6.42 Å². The molecule has 0 spiro atoms. The van der Waals surface area contributed by atoms with Crippen molar-refractivity contribution in [2.45, 2.75) is 57.7 Å². The molecule has 2 rings (SSSR count). The highest BCUT2D eigenvalue weighted by atomic mass is 16.7. The van der Waals surface area contributed by atoms with Gasteiger partial charge in [-0.15, -0.1) is 0 Å². The van der Waals surface area contributed by atoms with Gasteiger partial charge >= 0.3 is 0 Å². The Morgan fingerprint density at radius 2 is 2.08 bits per heavy atom. The molecule has 5 nitrogen and oxygen atoms in total. The monoisotopic (exact) mass is 348 g/mol. The Morgan fingerprint density at radius 3 is 2.72 bits per heavy atom. The molecule has 138 valence electrons. The quantitative estimate of drug-likeness (QED) is 0.578. The van der Waals surface area contributed by atoms with Gasteiger partial charge in [0.05, 0.1) is 33.0 Å². The molecule has 0 saturated carbocycles. The van der Waals surface area contributed by atoms with Gasteiger partial charge in [-0.05, 0) is 44.4 Å². The van der Waals surface area contributed by atoms with E-state index in [1.54, 1.807) is 7.11 Å². The first kappa shape index (κ1) is 19.7. The van der Waals surface area contributed by atoms with E-state index in [0.717, 1.165) is 17.7 Å². The van der Waals surface area contributed by atoms with Crippen molar-refractivity contribution in [2.24, 2.45) is 0 Å². The molecule has 1 aliphatic rings. The molecule has 2 unspecified atom stereocenters. The Labute approximate surface area is 150 Å². The zero-order valence-electron chi connectivity index (χ0n) is 15.3. The summed E-state index contributed by atoms with van der Waals surface area (Å²) < 4.78 is 21.9. The van der Waals surface area contributed by atoms with Crippen molar-refractivity contribution >= 4 is 0 Å². The van der Waals surface area contributed by atoms with Crippen molar-refractivity contribution < 1.29 is 24.1 Å². The molecule has 1 heterocycles. The second-order valence-electron chi connectivity index (χ2n) is 6.52. The molecule has 1 fully saturated rings. The van der Waals surface area contributed by atoms with Crippen LogP contribution in [0, 0.1) is 11.8 Å². The molecule has 1 saturated heterocycles. The van der Waals surface area contributed by atoms with Crippen molar-refractivity contribution in [3.05, 3.63) is 29.8 Å². The molecule has 5 heteroatoms. The molecule has 1 aromatic rings. The lowest BCUT2D eigenvalue weighted by molar-refractivity contribution is -0.139. The van der Waals surface area contributed by atoms with Crippen LogP contribution in [0.4, 0.5) is 0 Å². The van der Waals surface area contributed by atoms with Crippen LogP contribution in [0.2, 0.25) is 0 Å². The van der Waals surface area contributed by atoms with Crippen LogP contribution in [0.5, 0.6) is 5.75 Å². The van der Waals surface area contributed by atoms with Gasteiger partial charge in [-0.2, -0.15) is 0 Å². The predicted octanol–water partition coefficient (Wildman–Crippen LogP) is 2.90. The van der Waals surface area contributed by atoms with Gasteiger partial charge in [0.15, 0.2) is 5.79 Å². The van der Waals surface area contributed by atoms with E-state index in [4.69, 9.17) is 18.9 Å². The Morgan fingerprint density at radius 1 is 1.32 bits per heavy atom. The lowest BCUT2D eigenvalue weighted by Gasteiger charge is -2.17. The van der Waals surface area contributed by atoms with Crippen molar-refractivity contribution in [3.8, 4) is 17.6 Å². The second kappa shape index (κ2) is 9.79. The zero-order chi connectivity index (χ0) is 18.1. The summed E-state index contributed by atoms with van der Waals surface area (Å²) in [7, 11) is 1.65. The third-order valence-electron chi connectivity index (χ3n) is 3.90. The summed E-state index contributed by atoms with van der Waals surface area (Å²) in [6.45, 7) is 5.46. The number of hydrogen-bond acceptors (Lipinski definition) is 5. The third kappa shape index (κ3) is 7.45. The Kier molecular flexibility index (Phi) is 7.73. The van der Waals surface area contributed by atoms with Crippen LogP contribution >= 0.6 is 0 Å². The fourth-order valence-corrected chi connectivity index (χ4v) is 2.55. The standard InChI is InChI=1S/C20H28O5/c1-20(2)24-15-19(25-20)12-9-17(21)6-4-5-13-23-14-16-7-10-18(22-3)11-8-16/h7-8,10-11,17,19,21H,5,9,12-15H2,1-3H3. The van der Waals surface area contributed by atoms with Crippen LogP contribution < -0.4 is 4.74 Å². The van der Waals surface area contributed by atoms with E-state index in [9.17, 15) is 5.11 Å². The topological polar surface area (TPSA) is 57.2 Å². The zero-order valence-corrected chi connectivity index (χ0v) is 15.3. The average Bonchev–Trinajstić information content (AvgIpc) is 2.95. The van der Waals surface area contributed by atoms with Gasteiger partial charge in [-0.25, -0.2) is 0 Å². The summed E-state index contributed by atoms with van der Waals surface area (Å²) >= 11 is 0. The lowest BCUT2D eigenvalue weighted by atomic mass is 10.1. The van der Waals surface area contributed by atoms with Gasteiger partial charge in [-0.1, -0.05) is 24.0 Å². The normalized spacial score (nSPS) is 19.9. The first-order valence-corrected chi connectivity index (χ1v) is 8.67. The Balaban J connectivity index is 1.55. The van der Waals surface area contributed by atoms with E-state index in [0.29, 0.717) is 32.7 Å². The van der Waals surface area contributed by atoms with Crippen LogP contribution in [0.25, 0.3) is 0 Å². The minimum absolute atomic E-state index is 0.0410. The number of rotatable bonds is 8. The van der Waals surface area contributed by atoms with Gasteiger partial charge in [-0.3, -0.25) is 0 Å². The van der Waals surface area contributed by atoms with E-state index in [1.165, 1.54) is 0 Å². The summed E-state index contributed by atoms with van der Waals surface area (Å²) in [5.41, 5.74) is 1.09. The maximum atomic E-state index is 9.90. The largest absolute Gasteiger partial charge is 0.497 e. The van der Waals surface area contributed by atoms with E-state index >= 15 is 0 Å². The van der Waals surface area contributed by atoms with Crippen LogP contribution in [0.3, 0.4) is 0 Å². The highest BCUT2D eigenvalue weighted by molar-refractivity contribution is 5.26. The number of hydrogen-bond donors (Lipinski definition) is 1. The van der Waals surface area contributed by atoms with E-state index in [1.807, 2.05) is 38.1 Å². The minimum Gasteiger partial charge on any atom is -0.497 e. The fourth-order valence-electron chi connectivity index (χ4n) is 2.55. The molecular weight excluding hydrogens is 320 g/mol. The molecule has 25 heavy (non-hydrogen) atoms. The number of ether oxygens (including phenoxy) is 4. The minimum atomic E-state index is -0.631. The molecule has 1 aliphatic heterocycles. The number of methoxy groups -OCH3 is 1. The first-order chi connectivity index (χ1) is 12.0. The molecule has 0 radical (unpaired) electrons. The summed E-state index contributed by atoms with van der Waals surface area (Å²) in [4.78, 5) is 0. The van der Waals surface area contributed by atoms with Crippen molar-refractivity contribution in [2.75, 3.05) is 20.3 Å². The van der Waals surface area contributed by atoms with Crippen molar-refractivity contribution in [1.82, 2.24) is 0 Å². The molecule has 0 aromatic heterocycles. The van der Waals surface area contributed by atoms with E-state index in [2.05, 4.69) is 11.8 Å². The van der Waals surface area contributed by atoms with Crippen LogP contribution in [-0.4, -0.2) is 43.4 Å². The van der Waals surface area contributed by atoms with E-state index < -0.39 is 11.9 Å². The number of aliphatic hydroxyl groups is 1. The van der Waals surface area contributed by atoms with Gasteiger partial charge in [0.2, 0.25) is 0 Å². The predicted molar refractivity (Wildman–Crippen MR) is 95.2 cm³/mol. The number of benzene rings is 1. The highest BCUT2D eigenvalue weighted by Gasteiger charge is 2.32. The summed E-state index contributed by atoms with van der Waals surface area (Å²) in [5, 5.41) is 9.90. The molecular formula is C20H28O5. The molecule has 1 N–H and O–H groups in total. The lowest BCUT2D eigenvalue weighted by Crippen LogP contribution is -2.22. The van der Waals surface area contributed by atoms with Crippen molar-refractivity contribution in [1.29, 1.82) is 0 Å². The molecule has 2 atom stereocenters.